The summed E-state index contributed by atoms with van der Waals surface area (Å²) in [6.45, 7) is 2.22. The second-order valence-corrected chi connectivity index (χ2v) is 7.89. The molecule has 6 heteroatoms. The first-order chi connectivity index (χ1) is 15.6. The van der Waals surface area contributed by atoms with E-state index in [1.807, 2.05) is 60.7 Å². The SMILES string of the molecule is COc1cccc(C2=NN(C(C)=O)C(c3nc4ccccc4n3Cc3ccccc3)C2)c1. The Morgan fingerprint density at radius 3 is 2.59 bits per heavy atom. The number of rotatable bonds is 5. The van der Waals surface area contributed by atoms with E-state index in [4.69, 9.17) is 14.8 Å². The number of imidazole rings is 1. The van der Waals surface area contributed by atoms with Gasteiger partial charge in [0, 0.05) is 25.5 Å². The van der Waals surface area contributed by atoms with E-state index in [9.17, 15) is 4.79 Å². The van der Waals surface area contributed by atoms with E-state index in [2.05, 4.69) is 22.8 Å². The van der Waals surface area contributed by atoms with Crippen molar-refractivity contribution in [1.29, 1.82) is 0 Å². The van der Waals surface area contributed by atoms with Crippen molar-refractivity contribution in [2.75, 3.05) is 7.11 Å². The third-order valence-corrected chi connectivity index (χ3v) is 5.80. The number of amides is 1. The highest BCUT2D eigenvalue weighted by Crippen LogP contribution is 2.35. The summed E-state index contributed by atoms with van der Waals surface area (Å²) in [5.41, 5.74) is 4.94. The lowest BCUT2D eigenvalue weighted by Gasteiger charge is -2.21. The molecule has 0 fully saturated rings. The van der Waals surface area contributed by atoms with Crippen LogP contribution in [0.15, 0.2) is 84.0 Å². The predicted octanol–water partition coefficient (Wildman–Crippen LogP) is 4.79. The van der Waals surface area contributed by atoms with E-state index < -0.39 is 0 Å². The number of hydrogen-bond acceptors (Lipinski definition) is 4. The summed E-state index contributed by atoms with van der Waals surface area (Å²) in [5, 5.41) is 6.27. The maximum absolute atomic E-state index is 12.6. The van der Waals surface area contributed by atoms with Gasteiger partial charge in [0.15, 0.2) is 0 Å². The standard InChI is InChI=1S/C26H24N4O2/c1-18(31)30-25(16-23(28-30)20-11-8-12-21(15-20)32-2)26-27-22-13-6-7-14-24(22)29(26)17-19-9-4-3-5-10-19/h3-15,25H,16-17H2,1-2H3. The van der Waals surface area contributed by atoms with Crippen molar-refractivity contribution in [3.8, 4) is 5.75 Å². The first kappa shape index (κ1) is 20.0. The van der Waals surface area contributed by atoms with Crippen molar-refractivity contribution < 1.29 is 9.53 Å². The van der Waals surface area contributed by atoms with Crippen molar-refractivity contribution in [3.05, 3.63) is 95.8 Å². The molecule has 3 aromatic carbocycles. The number of nitrogens with zero attached hydrogens (tertiary/aromatic N) is 4. The lowest BCUT2D eigenvalue weighted by molar-refractivity contribution is -0.130. The minimum atomic E-state index is -0.273. The number of hydrogen-bond donors (Lipinski definition) is 0. The number of hydrazone groups is 1. The largest absolute Gasteiger partial charge is 0.497 e. The van der Waals surface area contributed by atoms with E-state index >= 15 is 0 Å². The molecule has 32 heavy (non-hydrogen) atoms. The quantitative estimate of drug-likeness (QED) is 0.463. The number of benzene rings is 3. The van der Waals surface area contributed by atoms with Crippen LogP contribution in [0.5, 0.6) is 5.75 Å². The van der Waals surface area contributed by atoms with Gasteiger partial charge in [-0.1, -0.05) is 54.6 Å². The number of ether oxygens (including phenoxy) is 1. The smallest absolute Gasteiger partial charge is 0.240 e. The minimum Gasteiger partial charge on any atom is -0.497 e. The Morgan fingerprint density at radius 2 is 1.81 bits per heavy atom. The fourth-order valence-electron chi connectivity index (χ4n) is 4.26. The maximum Gasteiger partial charge on any atom is 0.240 e. The highest BCUT2D eigenvalue weighted by atomic mass is 16.5. The predicted molar refractivity (Wildman–Crippen MR) is 125 cm³/mol. The highest BCUT2D eigenvalue weighted by molar-refractivity contribution is 6.03. The Hall–Kier alpha value is -3.93. The molecular weight excluding hydrogens is 400 g/mol. The summed E-state index contributed by atoms with van der Waals surface area (Å²) in [5.74, 6) is 1.50. The van der Waals surface area contributed by atoms with E-state index in [0.29, 0.717) is 13.0 Å². The third kappa shape index (κ3) is 3.64. The van der Waals surface area contributed by atoms with Gasteiger partial charge in [0.1, 0.15) is 17.6 Å². The molecule has 1 atom stereocenters. The van der Waals surface area contributed by atoms with Gasteiger partial charge in [-0.3, -0.25) is 4.79 Å². The molecule has 0 aliphatic carbocycles. The van der Waals surface area contributed by atoms with Crippen molar-refractivity contribution >= 4 is 22.7 Å². The minimum absolute atomic E-state index is 0.105. The number of para-hydroxylation sites is 2. The van der Waals surface area contributed by atoms with Crippen molar-refractivity contribution in [1.82, 2.24) is 14.6 Å². The molecule has 0 bridgehead atoms. The average Bonchev–Trinajstić information content (AvgIpc) is 3.42. The Kier molecular flexibility index (Phi) is 5.19. The number of carbonyl (C=O) groups excluding carboxylic acids is 1. The van der Waals surface area contributed by atoms with Crippen LogP contribution in [-0.2, 0) is 11.3 Å². The number of methoxy groups -OCH3 is 1. The summed E-state index contributed by atoms with van der Waals surface area (Å²) in [6, 6.07) is 25.9. The van der Waals surface area contributed by atoms with E-state index in [0.717, 1.165) is 33.9 Å². The van der Waals surface area contributed by atoms with Crippen LogP contribution in [0.3, 0.4) is 0 Å². The van der Waals surface area contributed by atoms with E-state index in [1.165, 1.54) is 5.56 Å². The second-order valence-electron chi connectivity index (χ2n) is 7.89. The van der Waals surface area contributed by atoms with Crippen molar-refractivity contribution in [2.24, 2.45) is 5.10 Å². The zero-order valence-corrected chi connectivity index (χ0v) is 18.1. The monoisotopic (exact) mass is 424 g/mol. The van der Waals surface area contributed by atoms with Crippen LogP contribution < -0.4 is 4.74 Å². The molecule has 1 amide bonds. The molecule has 0 saturated carbocycles. The normalized spacial score (nSPS) is 15.8. The molecular formula is C26H24N4O2. The van der Waals surface area contributed by atoms with Crippen LogP contribution in [0.1, 0.15) is 36.3 Å². The van der Waals surface area contributed by atoms with Gasteiger partial charge in [-0.2, -0.15) is 5.10 Å². The first-order valence-electron chi connectivity index (χ1n) is 10.6. The lowest BCUT2D eigenvalue weighted by Crippen LogP contribution is -2.27. The first-order valence-corrected chi connectivity index (χ1v) is 10.6. The van der Waals surface area contributed by atoms with Gasteiger partial charge < -0.3 is 9.30 Å². The van der Waals surface area contributed by atoms with Crippen LogP contribution >= 0.6 is 0 Å². The summed E-state index contributed by atoms with van der Waals surface area (Å²) in [7, 11) is 1.65. The van der Waals surface area contributed by atoms with Crippen LogP contribution in [0.2, 0.25) is 0 Å². The van der Waals surface area contributed by atoms with E-state index in [1.54, 1.807) is 19.0 Å². The summed E-state index contributed by atoms with van der Waals surface area (Å²) in [6.07, 6.45) is 0.588. The molecule has 1 aliphatic heterocycles. The third-order valence-electron chi connectivity index (χ3n) is 5.80. The number of carbonyl (C=O) groups is 1. The van der Waals surface area contributed by atoms with Gasteiger partial charge in [-0.25, -0.2) is 9.99 Å². The van der Waals surface area contributed by atoms with Crippen molar-refractivity contribution in [2.45, 2.75) is 25.9 Å². The molecule has 1 unspecified atom stereocenters. The van der Waals surface area contributed by atoms with Crippen LogP contribution in [0.4, 0.5) is 0 Å². The van der Waals surface area contributed by atoms with Gasteiger partial charge >= 0.3 is 0 Å². The molecule has 4 aromatic rings. The average molecular weight is 425 g/mol. The number of aromatic nitrogens is 2. The zero-order chi connectivity index (χ0) is 22.1. The molecule has 0 N–H and O–H groups in total. The Bertz CT molecular complexity index is 1310. The molecule has 1 aromatic heterocycles. The Balaban J connectivity index is 1.58. The lowest BCUT2D eigenvalue weighted by atomic mass is 10.0. The van der Waals surface area contributed by atoms with Crippen molar-refractivity contribution in [3.63, 3.8) is 0 Å². The molecule has 6 nitrogen and oxygen atoms in total. The van der Waals surface area contributed by atoms with Gasteiger partial charge in [0.2, 0.25) is 5.91 Å². The topological polar surface area (TPSA) is 59.7 Å². The zero-order valence-electron chi connectivity index (χ0n) is 18.1. The van der Waals surface area contributed by atoms with E-state index in [-0.39, 0.29) is 11.9 Å². The molecule has 0 saturated heterocycles. The highest BCUT2D eigenvalue weighted by Gasteiger charge is 2.35. The fraction of sp³-hybridized carbons (Fsp3) is 0.192. The Labute approximate surface area is 186 Å². The maximum atomic E-state index is 12.6. The summed E-state index contributed by atoms with van der Waals surface area (Å²) >= 11 is 0. The van der Waals surface area contributed by atoms with Crippen LogP contribution in [0, 0.1) is 0 Å². The molecule has 0 radical (unpaired) electrons. The van der Waals surface area contributed by atoms with Gasteiger partial charge in [0.25, 0.3) is 0 Å². The Morgan fingerprint density at radius 1 is 1.03 bits per heavy atom. The molecule has 2 heterocycles. The summed E-state index contributed by atoms with van der Waals surface area (Å²) in [4.78, 5) is 17.5. The summed E-state index contributed by atoms with van der Waals surface area (Å²) < 4.78 is 7.58. The van der Waals surface area contributed by atoms with Crippen LogP contribution in [0.25, 0.3) is 11.0 Å². The molecule has 5 rings (SSSR count). The van der Waals surface area contributed by atoms with Gasteiger partial charge in [0.05, 0.1) is 23.9 Å². The van der Waals surface area contributed by atoms with Gasteiger partial charge in [-0.05, 0) is 29.8 Å². The molecule has 1 aliphatic rings. The fourth-order valence-corrected chi connectivity index (χ4v) is 4.26. The second kappa shape index (κ2) is 8.30. The molecule has 160 valence electrons. The van der Waals surface area contributed by atoms with Crippen LogP contribution in [-0.4, -0.2) is 33.3 Å². The van der Waals surface area contributed by atoms with Gasteiger partial charge in [-0.15, -0.1) is 0 Å². The molecule has 0 spiro atoms. The number of fused-ring (bicyclic) bond motifs is 1.